The van der Waals surface area contributed by atoms with Crippen LogP contribution in [0.4, 0.5) is 0 Å². The van der Waals surface area contributed by atoms with Crippen LogP contribution in [0.15, 0.2) is 0 Å². The number of nitrogens with zero attached hydrogens (tertiary/aromatic N) is 1. The summed E-state index contributed by atoms with van der Waals surface area (Å²) in [5, 5.41) is 5.34. The number of piperazine rings is 1. The topological polar surface area (TPSA) is 78.5 Å². The number of carbonyl (C=O) groups excluding carboxylic acids is 3. The maximum Gasteiger partial charge on any atom is 0.249 e. The monoisotopic (exact) mass is 253 g/mol. The highest BCUT2D eigenvalue weighted by Gasteiger charge is 2.35. The Kier molecular flexibility index (Phi) is 3.96. The Labute approximate surface area is 106 Å². The van der Waals surface area contributed by atoms with Gasteiger partial charge in [0.25, 0.3) is 0 Å². The molecule has 18 heavy (non-hydrogen) atoms. The average molecular weight is 253 g/mol. The summed E-state index contributed by atoms with van der Waals surface area (Å²) in [6.07, 6.45) is 2.97. The van der Waals surface area contributed by atoms with E-state index in [0.29, 0.717) is 12.3 Å². The molecule has 0 aromatic rings. The predicted molar refractivity (Wildman–Crippen MR) is 64.5 cm³/mol. The highest BCUT2D eigenvalue weighted by atomic mass is 16.2. The van der Waals surface area contributed by atoms with Gasteiger partial charge < -0.3 is 10.2 Å². The molecule has 1 saturated carbocycles. The fourth-order valence-corrected chi connectivity index (χ4v) is 2.14. The number of imide groups is 1. The van der Waals surface area contributed by atoms with Crippen LogP contribution in [0.1, 0.15) is 26.2 Å². The summed E-state index contributed by atoms with van der Waals surface area (Å²) in [6.45, 7) is 2.86. The maximum absolute atomic E-state index is 12.0. The van der Waals surface area contributed by atoms with Gasteiger partial charge in [-0.3, -0.25) is 19.7 Å². The average Bonchev–Trinajstić information content (AvgIpc) is 3.12. The van der Waals surface area contributed by atoms with Gasteiger partial charge in [-0.15, -0.1) is 0 Å². The molecule has 1 aliphatic heterocycles. The molecule has 1 atom stereocenters. The molecule has 6 heteroatoms. The number of nitrogens with one attached hydrogen (secondary N) is 2. The lowest BCUT2D eigenvalue weighted by atomic mass is 10.1. The first-order valence-electron chi connectivity index (χ1n) is 6.45. The molecule has 2 N–H and O–H groups in total. The van der Waals surface area contributed by atoms with Crippen LogP contribution in [0.3, 0.4) is 0 Å². The van der Waals surface area contributed by atoms with Crippen molar-refractivity contribution in [3.05, 3.63) is 0 Å². The largest absolute Gasteiger partial charge is 0.320 e. The van der Waals surface area contributed by atoms with Crippen molar-refractivity contribution in [2.45, 2.75) is 32.2 Å². The molecule has 1 saturated heterocycles. The zero-order valence-electron chi connectivity index (χ0n) is 10.6. The van der Waals surface area contributed by atoms with Crippen LogP contribution >= 0.6 is 0 Å². The third-order valence-corrected chi connectivity index (χ3v) is 3.37. The van der Waals surface area contributed by atoms with Crippen molar-refractivity contribution < 1.29 is 14.4 Å². The van der Waals surface area contributed by atoms with E-state index in [9.17, 15) is 14.4 Å². The fourth-order valence-electron chi connectivity index (χ4n) is 2.14. The molecule has 1 aliphatic carbocycles. The maximum atomic E-state index is 12.0. The van der Waals surface area contributed by atoms with E-state index in [1.165, 1.54) is 17.7 Å². The van der Waals surface area contributed by atoms with Gasteiger partial charge in [0.1, 0.15) is 12.6 Å². The summed E-state index contributed by atoms with van der Waals surface area (Å²) in [5.41, 5.74) is 0. The molecule has 0 radical (unpaired) electrons. The Morgan fingerprint density at radius 1 is 1.44 bits per heavy atom. The van der Waals surface area contributed by atoms with E-state index < -0.39 is 11.9 Å². The van der Waals surface area contributed by atoms with Gasteiger partial charge in [0.05, 0.1) is 6.54 Å². The molecule has 1 unspecified atom stereocenters. The molecule has 2 rings (SSSR count). The summed E-state index contributed by atoms with van der Waals surface area (Å²) in [6, 6.07) is -0.516. The van der Waals surface area contributed by atoms with Gasteiger partial charge in [-0.05, 0) is 31.7 Å². The smallest absolute Gasteiger partial charge is 0.249 e. The standard InChI is InChI=1S/C12H19N3O3/c1-2-9-12(18)14-10(16)7-15(9)11(17)6-13-5-8-3-4-8/h8-9,13H,2-7H2,1H3,(H,14,16,18). The number of amides is 3. The van der Waals surface area contributed by atoms with Gasteiger partial charge >= 0.3 is 0 Å². The second-order valence-electron chi connectivity index (χ2n) is 4.93. The molecule has 2 aliphatic rings. The number of rotatable bonds is 5. The molecule has 0 aromatic heterocycles. The molecule has 6 nitrogen and oxygen atoms in total. The zero-order chi connectivity index (χ0) is 13.1. The normalized spacial score (nSPS) is 24.1. The highest BCUT2D eigenvalue weighted by molar-refractivity contribution is 6.04. The Morgan fingerprint density at radius 2 is 2.17 bits per heavy atom. The summed E-state index contributed by atoms with van der Waals surface area (Å²) in [7, 11) is 0. The van der Waals surface area contributed by atoms with E-state index in [2.05, 4.69) is 10.6 Å². The van der Waals surface area contributed by atoms with Gasteiger partial charge in [0, 0.05) is 0 Å². The Morgan fingerprint density at radius 3 is 2.78 bits per heavy atom. The minimum atomic E-state index is -0.516. The quantitative estimate of drug-likeness (QED) is 0.632. The first kappa shape index (κ1) is 13.0. The molecular formula is C12H19N3O3. The first-order chi connectivity index (χ1) is 8.61. The molecule has 100 valence electrons. The van der Waals surface area contributed by atoms with Crippen molar-refractivity contribution in [2.75, 3.05) is 19.6 Å². The highest BCUT2D eigenvalue weighted by Crippen LogP contribution is 2.27. The van der Waals surface area contributed by atoms with Crippen molar-refractivity contribution >= 4 is 17.7 Å². The van der Waals surface area contributed by atoms with E-state index in [4.69, 9.17) is 0 Å². The SMILES string of the molecule is CCC1C(=O)NC(=O)CN1C(=O)CNCC1CC1. The minimum absolute atomic E-state index is 0.0197. The Balaban J connectivity index is 1.88. The second kappa shape index (κ2) is 5.48. The second-order valence-corrected chi connectivity index (χ2v) is 4.93. The molecule has 3 amide bonds. The van der Waals surface area contributed by atoms with Crippen molar-refractivity contribution in [1.29, 1.82) is 0 Å². The lowest BCUT2D eigenvalue weighted by molar-refractivity contribution is -0.149. The number of carbonyl (C=O) groups is 3. The summed E-state index contributed by atoms with van der Waals surface area (Å²) in [4.78, 5) is 36.3. The van der Waals surface area contributed by atoms with Gasteiger partial charge in [-0.1, -0.05) is 6.92 Å². The van der Waals surface area contributed by atoms with Gasteiger partial charge in [0.2, 0.25) is 17.7 Å². The van der Waals surface area contributed by atoms with Crippen LogP contribution in [0.5, 0.6) is 0 Å². The third kappa shape index (κ3) is 3.07. The fraction of sp³-hybridized carbons (Fsp3) is 0.750. The number of hydrogen-bond acceptors (Lipinski definition) is 4. The molecule has 0 aromatic carbocycles. The zero-order valence-corrected chi connectivity index (χ0v) is 10.6. The van der Waals surface area contributed by atoms with Crippen molar-refractivity contribution in [2.24, 2.45) is 5.92 Å². The van der Waals surface area contributed by atoms with Crippen LogP contribution in [-0.2, 0) is 14.4 Å². The Bertz CT molecular complexity index is 366. The molecule has 1 heterocycles. The molecule has 2 fully saturated rings. The van der Waals surface area contributed by atoms with Crippen molar-refractivity contribution in [3.63, 3.8) is 0 Å². The number of hydrogen-bond donors (Lipinski definition) is 2. The first-order valence-corrected chi connectivity index (χ1v) is 6.45. The van der Waals surface area contributed by atoms with Gasteiger partial charge in [0.15, 0.2) is 0 Å². The van der Waals surface area contributed by atoms with E-state index in [0.717, 1.165) is 6.54 Å². The minimum Gasteiger partial charge on any atom is -0.320 e. The lowest BCUT2D eigenvalue weighted by Gasteiger charge is -2.33. The van der Waals surface area contributed by atoms with E-state index in [1.54, 1.807) is 0 Å². The van der Waals surface area contributed by atoms with Gasteiger partial charge in [-0.25, -0.2) is 0 Å². The Hall–Kier alpha value is -1.43. The third-order valence-electron chi connectivity index (χ3n) is 3.37. The molecule has 0 bridgehead atoms. The van der Waals surface area contributed by atoms with Gasteiger partial charge in [-0.2, -0.15) is 0 Å². The molecular weight excluding hydrogens is 234 g/mol. The lowest BCUT2D eigenvalue weighted by Crippen LogP contribution is -2.60. The van der Waals surface area contributed by atoms with Crippen LogP contribution in [-0.4, -0.2) is 48.3 Å². The van der Waals surface area contributed by atoms with Crippen LogP contribution in [0, 0.1) is 5.92 Å². The summed E-state index contributed by atoms with van der Waals surface area (Å²) in [5.74, 6) is -0.249. The van der Waals surface area contributed by atoms with Crippen LogP contribution in [0.2, 0.25) is 0 Å². The van der Waals surface area contributed by atoms with E-state index in [1.807, 2.05) is 6.92 Å². The van der Waals surface area contributed by atoms with Crippen molar-refractivity contribution in [1.82, 2.24) is 15.5 Å². The summed E-state index contributed by atoms with van der Waals surface area (Å²) >= 11 is 0. The van der Waals surface area contributed by atoms with Crippen LogP contribution in [0.25, 0.3) is 0 Å². The van der Waals surface area contributed by atoms with E-state index >= 15 is 0 Å². The van der Waals surface area contributed by atoms with Crippen molar-refractivity contribution in [3.8, 4) is 0 Å². The summed E-state index contributed by atoms with van der Waals surface area (Å²) < 4.78 is 0. The van der Waals surface area contributed by atoms with Crippen LogP contribution < -0.4 is 10.6 Å². The van der Waals surface area contributed by atoms with E-state index in [-0.39, 0.29) is 24.9 Å². The predicted octanol–water partition coefficient (Wildman–Crippen LogP) is -0.750. The molecule has 0 spiro atoms.